The topological polar surface area (TPSA) is 54.7 Å². The number of likely N-dealkylation sites (tertiary alicyclic amines) is 1. The second kappa shape index (κ2) is 9.38. The molecule has 1 aromatic heterocycles. The van der Waals surface area contributed by atoms with Crippen molar-refractivity contribution in [2.75, 3.05) is 32.8 Å². The second-order valence-corrected chi connectivity index (χ2v) is 6.55. The minimum atomic E-state index is 0.599. The number of hydrogen-bond acceptors (Lipinski definition) is 3. The van der Waals surface area contributed by atoms with Gasteiger partial charge in [-0.05, 0) is 44.0 Å². The number of nitrogens with one attached hydrogen (secondary N) is 1. The molecule has 0 spiro atoms. The van der Waals surface area contributed by atoms with Crippen molar-refractivity contribution in [3.63, 3.8) is 0 Å². The summed E-state index contributed by atoms with van der Waals surface area (Å²) in [6.07, 6.45) is 4.91. The van der Waals surface area contributed by atoms with Crippen molar-refractivity contribution in [3.8, 4) is 5.69 Å². The SMILES string of the molecule is CCNC(=NCc1cccc(-n2cccn2)c1)N1CCC(COCC)C1. The van der Waals surface area contributed by atoms with Crippen LogP contribution in [-0.4, -0.2) is 53.5 Å². The smallest absolute Gasteiger partial charge is 0.194 e. The number of aromatic nitrogens is 2. The van der Waals surface area contributed by atoms with Gasteiger partial charge in [-0.25, -0.2) is 9.67 Å². The van der Waals surface area contributed by atoms with Crippen LogP contribution in [0.3, 0.4) is 0 Å². The van der Waals surface area contributed by atoms with Gasteiger partial charge in [-0.3, -0.25) is 0 Å². The summed E-state index contributed by atoms with van der Waals surface area (Å²) in [4.78, 5) is 7.22. The molecule has 2 aromatic rings. The summed E-state index contributed by atoms with van der Waals surface area (Å²) >= 11 is 0. The molecule has 6 nitrogen and oxygen atoms in total. The van der Waals surface area contributed by atoms with E-state index in [1.54, 1.807) is 6.20 Å². The number of benzene rings is 1. The van der Waals surface area contributed by atoms with E-state index in [0.29, 0.717) is 12.5 Å². The summed E-state index contributed by atoms with van der Waals surface area (Å²) in [5.74, 6) is 1.60. The van der Waals surface area contributed by atoms with Gasteiger partial charge in [-0.1, -0.05) is 12.1 Å². The zero-order valence-electron chi connectivity index (χ0n) is 15.8. The lowest BCUT2D eigenvalue weighted by molar-refractivity contribution is 0.114. The Morgan fingerprint density at radius 2 is 2.27 bits per heavy atom. The normalized spacial score (nSPS) is 17.7. The Morgan fingerprint density at radius 1 is 1.35 bits per heavy atom. The van der Waals surface area contributed by atoms with E-state index in [2.05, 4.69) is 53.4 Å². The molecule has 0 amide bonds. The van der Waals surface area contributed by atoms with Crippen molar-refractivity contribution < 1.29 is 4.74 Å². The Morgan fingerprint density at radius 3 is 3.04 bits per heavy atom. The van der Waals surface area contributed by atoms with Crippen LogP contribution in [0.25, 0.3) is 5.69 Å². The molecule has 26 heavy (non-hydrogen) atoms. The van der Waals surface area contributed by atoms with Gasteiger partial charge in [0.2, 0.25) is 0 Å². The molecule has 0 saturated carbocycles. The van der Waals surface area contributed by atoms with E-state index in [-0.39, 0.29) is 0 Å². The van der Waals surface area contributed by atoms with Gasteiger partial charge in [0.1, 0.15) is 0 Å². The molecule has 1 fully saturated rings. The third-order valence-corrected chi connectivity index (χ3v) is 4.57. The van der Waals surface area contributed by atoms with Gasteiger partial charge in [0.05, 0.1) is 18.8 Å². The highest BCUT2D eigenvalue weighted by molar-refractivity contribution is 5.80. The van der Waals surface area contributed by atoms with Crippen LogP contribution >= 0.6 is 0 Å². The summed E-state index contributed by atoms with van der Waals surface area (Å²) in [7, 11) is 0. The first-order valence-electron chi connectivity index (χ1n) is 9.50. The lowest BCUT2D eigenvalue weighted by Gasteiger charge is -2.21. The minimum absolute atomic E-state index is 0.599. The average Bonchev–Trinajstić information content (AvgIpc) is 3.35. The quantitative estimate of drug-likeness (QED) is 0.613. The number of aliphatic imine (C=N–C) groups is 1. The van der Waals surface area contributed by atoms with Gasteiger partial charge >= 0.3 is 0 Å². The molecule has 1 aliphatic heterocycles. The molecule has 6 heteroatoms. The molecule has 0 radical (unpaired) electrons. The molecule has 1 unspecified atom stereocenters. The van der Waals surface area contributed by atoms with Crippen molar-refractivity contribution in [1.82, 2.24) is 20.0 Å². The first-order valence-corrected chi connectivity index (χ1v) is 9.50. The zero-order chi connectivity index (χ0) is 18.2. The molecule has 1 N–H and O–H groups in total. The predicted molar refractivity (Wildman–Crippen MR) is 105 cm³/mol. The third-order valence-electron chi connectivity index (χ3n) is 4.57. The molecular weight excluding hydrogens is 326 g/mol. The van der Waals surface area contributed by atoms with E-state index >= 15 is 0 Å². The van der Waals surface area contributed by atoms with Crippen LogP contribution in [-0.2, 0) is 11.3 Å². The minimum Gasteiger partial charge on any atom is -0.381 e. The van der Waals surface area contributed by atoms with E-state index in [1.165, 1.54) is 12.0 Å². The van der Waals surface area contributed by atoms with Crippen molar-refractivity contribution in [3.05, 3.63) is 48.3 Å². The molecule has 140 valence electrons. The third kappa shape index (κ3) is 4.85. The lowest BCUT2D eigenvalue weighted by atomic mass is 10.1. The Kier molecular flexibility index (Phi) is 6.66. The van der Waals surface area contributed by atoms with E-state index in [1.807, 2.05) is 16.9 Å². The van der Waals surface area contributed by atoms with Crippen LogP contribution < -0.4 is 5.32 Å². The number of nitrogens with zero attached hydrogens (tertiary/aromatic N) is 4. The molecule has 0 aliphatic carbocycles. The largest absolute Gasteiger partial charge is 0.381 e. The first kappa shape index (κ1) is 18.5. The summed E-state index contributed by atoms with van der Waals surface area (Å²) < 4.78 is 7.46. The van der Waals surface area contributed by atoms with Crippen molar-refractivity contribution in [1.29, 1.82) is 0 Å². The Hall–Kier alpha value is -2.34. The molecule has 1 atom stereocenters. The van der Waals surface area contributed by atoms with E-state index in [9.17, 15) is 0 Å². The fourth-order valence-corrected chi connectivity index (χ4v) is 3.26. The number of guanidine groups is 1. The first-order chi connectivity index (χ1) is 12.8. The van der Waals surface area contributed by atoms with Gasteiger partial charge in [-0.2, -0.15) is 5.10 Å². The van der Waals surface area contributed by atoms with Crippen LogP contribution in [0.1, 0.15) is 25.8 Å². The molecule has 1 aliphatic rings. The zero-order valence-corrected chi connectivity index (χ0v) is 15.8. The van der Waals surface area contributed by atoms with E-state index in [4.69, 9.17) is 9.73 Å². The van der Waals surface area contributed by atoms with Crippen molar-refractivity contribution in [2.45, 2.75) is 26.8 Å². The van der Waals surface area contributed by atoms with Crippen LogP contribution in [0.4, 0.5) is 0 Å². The summed E-state index contributed by atoms with van der Waals surface area (Å²) in [6.45, 7) is 9.38. The highest BCUT2D eigenvalue weighted by atomic mass is 16.5. The van der Waals surface area contributed by atoms with Crippen molar-refractivity contribution >= 4 is 5.96 Å². The molecule has 3 rings (SSSR count). The maximum atomic E-state index is 5.59. The fraction of sp³-hybridized carbons (Fsp3) is 0.500. The highest BCUT2D eigenvalue weighted by Gasteiger charge is 2.24. The van der Waals surface area contributed by atoms with Gasteiger partial charge < -0.3 is 15.0 Å². The average molecular weight is 355 g/mol. The molecular formula is C20H29N5O. The molecule has 0 bridgehead atoms. The number of hydrogen-bond donors (Lipinski definition) is 1. The molecule has 1 aromatic carbocycles. The fourth-order valence-electron chi connectivity index (χ4n) is 3.26. The standard InChI is InChI=1S/C20H29N5O/c1-3-21-20(24-12-9-18(15-24)16-26-4-2)22-14-17-7-5-8-19(13-17)25-11-6-10-23-25/h5-8,10-11,13,18H,3-4,9,12,14-16H2,1-2H3,(H,21,22). The summed E-state index contributed by atoms with van der Waals surface area (Å²) in [5.41, 5.74) is 2.24. The number of rotatable bonds is 7. The van der Waals surface area contributed by atoms with E-state index < -0.39 is 0 Å². The maximum Gasteiger partial charge on any atom is 0.194 e. The van der Waals surface area contributed by atoms with Crippen LogP contribution in [0.15, 0.2) is 47.7 Å². The Bertz CT molecular complexity index is 698. The molecule has 1 saturated heterocycles. The van der Waals surface area contributed by atoms with Crippen LogP contribution in [0.5, 0.6) is 0 Å². The van der Waals surface area contributed by atoms with E-state index in [0.717, 1.165) is 44.5 Å². The van der Waals surface area contributed by atoms with Gasteiger partial charge in [0.15, 0.2) is 5.96 Å². The maximum absolute atomic E-state index is 5.59. The summed E-state index contributed by atoms with van der Waals surface area (Å²) in [5, 5.41) is 7.73. The van der Waals surface area contributed by atoms with Gasteiger partial charge in [-0.15, -0.1) is 0 Å². The number of ether oxygens (including phenoxy) is 1. The Labute approximate surface area is 155 Å². The van der Waals surface area contributed by atoms with Gasteiger partial charge in [0, 0.05) is 44.6 Å². The second-order valence-electron chi connectivity index (χ2n) is 6.55. The van der Waals surface area contributed by atoms with Crippen LogP contribution in [0.2, 0.25) is 0 Å². The summed E-state index contributed by atoms with van der Waals surface area (Å²) in [6, 6.07) is 10.3. The lowest BCUT2D eigenvalue weighted by Crippen LogP contribution is -2.40. The Balaban J connectivity index is 1.65. The van der Waals surface area contributed by atoms with Crippen molar-refractivity contribution in [2.24, 2.45) is 10.9 Å². The van der Waals surface area contributed by atoms with Gasteiger partial charge in [0.25, 0.3) is 0 Å². The predicted octanol–water partition coefficient (Wildman–Crippen LogP) is 2.70. The monoisotopic (exact) mass is 355 g/mol. The van der Waals surface area contributed by atoms with Crippen LogP contribution in [0, 0.1) is 5.92 Å². The highest BCUT2D eigenvalue weighted by Crippen LogP contribution is 2.17. The molecule has 2 heterocycles.